The van der Waals surface area contributed by atoms with Crippen LogP contribution in [-0.4, -0.2) is 15.9 Å². The van der Waals surface area contributed by atoms with E-state index in [-0.39, 0.29) is 0 Å². The van der Waals surface area contributed by atoms with Crippen LogP contribution in [-0.2, 0) is 0 Å². The van der Waals surface area contributed by atoms with E-state index in [1.807, 2.05) is 24.3 Å². The fourth-order valence-electron chi connectivity index (χ4n) is 1.67. The highest BCUT2D eigenvalue weighted by atomic mass is 32.1. The van der Waals surface area contributed by atoms with Gasteiger partial charge in [-0.3, -0.25) is 4.79 Å². The predicted octanol–water partition coefficient (Wildman–Crippen LogP) is 1.53. The van der Waals surface area contributed by atoms with Crippen molar-refractivity contribution in [2.75, 3.05) is 5.73 Å². The molecule has 6 heteroatoms. The Labute approximate surface area is 100 Å². The minimum absolute atomic E-state index is 0.315. The van der Waals surface area contributed by atoms with E-state index in [0.29, 0.717) is 20.9 Å². The number of hydrogen-bond acceptors (Lipinski definition) is 5. The second-order valence-corrected chi connectivity index (χ2v) is 4.57. The third kappa shape index (κ3) is 1.42. The molecule has 0 atom stereocenters. The molecule has 4 N–H and O–H groups in total. The largest absolute Gasteiger partial charge is 0.396 e. The summed E-state index contributed by atoms with van der Waals surface area (Å²) in [5.74, 6) is -0.545. The number of para-hydroxylation sites is 2. The highest BCUT2D eigenvalue weighted by Gasteiger charge is 2.16. The molecule has 84 valence electrons. The maximum Gasteiger partial charge on any atom is 0.261 e. The number of carbonyl (C=O) groups is 1. The molecule has 0 bridgehead atoms. The molecule has 0 aliphatic heterocycles. The lowest BCUT2D eigenvalue weighted by atomic mass is 10.3. The Hall–Kier alpha value is -2.21. The van der Waals surface area contributed by atoms with Crippen molar-refractivity contribution in [2.45, 2.75) is 0 Å². The van der Waals surface area contributed by atoms with Crippen LogP contribution in [0.4, 0.5) is 5.69 Å². The van der Waals surface area contributed by atoms with Gasteiger partial charge in [0.05, 0.1) is 16.7 Å². The van der Waals surface area contributed by atoms with Crippen molar-refractivity contribution in [3.63, 3.8) is 0 Å². The van der Waals surface area contributed by atoms with E-state index < -0.39 is 5.91 Å². The third-order valence-electron chi connectivity index (χ3n) is 2.46. The van der Waals surface area contributed by atoms with Crippen molar-refractivity contribution in [3.8, 4) is 0 Å². The number of aromatic nitrogens is 2. The zero-order valence-electron chi connectivity index (χ0n) is 8.68. The first-order valence-electron chi connectivity index (χ1n) is 4.91. The number of amides is 1. The summed E-state index contributed by atoms with van der Waals surface area (Å²) in [5, 5.41) is 0. The molecular formula is C11H8N4OS. The molecule has 3 rings (SSSR count). The zero-order valence-corrected chi connectivity index (χ0v) is 9.49. The van der Waals surface area contributed by atoms with E-state index in [1.54, 1.807) is 0 Å². The fourth-order valence-corrected chi connectivity index (χ4v) is 2.57. The summed E-state index contributed by atoms with van der Waals surface area (Å²) in [7, 11) is 0. The van der Waals surface area contributed by atoms with Gasteiger partial charge in [0.1, 0.15) is 15.2 Å². The van der Waals surface area contributed by atoms with E-state index in [9.17, 15) is 4.79 Å². The summed E-state index contributed by atoms with van der Waals surface area (Å²) in [6, 6.07) is 7.47. The number of primary amides is 1. The van der Waals surface area contributed by atoms with Crippen LogP contribution in [0.1, 0.15) is 9.67 Å². The number of rotatable bonds is 1. The van der Waals surface area contributed by atoms with Crippen molar-refractivity contribution in [2.24, 2.45) is 5.73 Å². The number of nitrogens with two attached hydrogens (primary N) is 2. The maximum atomic E-state index is 11.2. The topological polar surface area (TPSA) is 94.9 Å². The van der Waals surface area contributed by atoms with Gasteiger partial charge >= 0.3 is 0 Å². The molecule has 0 fully saturated rings. The number of thiophene rings is 1. The van der Waals surface area contributed by atoms with Crippen molar-refractivity contribution >= 4 is 44.3 Å². The number of benzene rings is 1. The summed E-state index contributed by atoms with van der Waals surface area (Å²) in [4.78, 5) is 20.9. The highest BCUT2D eigenvalue weighted by Crippen LogP contribution is 2.31. The number of nitrogens with zero attached hydrogens (tertiary/aromatic N) is 2. The van der Waals surface area contributed by atoms with Crippen molar-refractivity contribution in [3.05, 3.63) is 29.1 Å². The standard InChI is InChI=1S/C11H8N4OS/c12-7-8-11(17-9(7)10(13)16)15-6-4-2-1-3-5(6)14-8/h1-4H,12H2,(H2,13,16). The number of anilines is 1. The molecule has 2 aromatic heterocycles. The second-order valence-electron chi connectivity index (χ2n) is 3.58. The van der Waals surface area contributed by atoms with Gasteiger partial charge in [0.25, 0.3) is 5.91 Å². The quantitative estimate of drug-likeness (QED) is 0.678. The number of carbonyl (C=O) groups excluding carboxylic acids is 1. The van der Waals surface area contributed by atoms with E-state index in [2.05, 4.69) is 9.97 Å². The van der Waals surface area contributed by atoms with Crippen LogP contribution in [0.2, 0.25) is 0 Å². The summed E-state index contributed by atoms with van der Waals surface area (Å²) in [5.41, 5.74) is 13.5. The lowest BCUT2D eigenvalue weighted by molar-refractivity contribution is 0.100. The lowest BCUT2D eigenvalue weighted by Gasteiger charge is -1.96. The van der Waals surface area contributed by atoms with E-state index in [0.717, 1.165) is 11.0 Å². The van der Waals surface area contributed by atoms with Gasteiger partial charge in [-0.15, -0.1) is 11.3 Å². The van der Waals surface area contributed by atoms with Crippen LogP contribution >= 0.6 is 11.3 Å². The van der Waals surface area contributed by atoms with Gasteiger partial charge < -0.3 is 11.5 Å². The normalized spacial score (nSPS) is 11.1. The number of nitrogen functional groups attached to an aromatic ring is 1. The second kappa shape index (κ2) is 3.39. The number of hydrogen-bond donors (Lipinski definition) is 2. The third-order valence-corrected chi connectivity index (χ3v) is 3.56. The first kappa shape index (κ1) is 9.98. The average Bonchev–Trinajstić information content (AvgIpc) is 2.64. The van der Waals surface area contributed by atoms with Crippen LogP contribution in [0.25, 0.3) is 21.4 Å². The molecule has 3 aromatic rings. The Kier molecular flexibility index (Phi) is 1.99. The van der Waals surface area contributed by atoms with Gasteiger partial charge in [0, 0.05) is 0 Å². The molecule has 0 radical (unpaired) electrons. The average molecular weight is 244 g/mol. The summed E-state index contributed by atoms with van der Waals surface area (Å²) >= 11 is 1.17. The summed E-state index contributed by atoms with van der Waals surface area (Å²) in [6.07, 6.45) is 0. The molecule has 1 aromatic carbocycles. The van der Waals surface area contributed by atoms with Gasteiger partial charge in [-0.2, -0.15) is 0 Å². The van der Waals surface area contributed by atoms with Crippen molar-refractivity contribution in [1.29, 1.82) is 0 Å². The van der Waals surface area contributed by atoms with Gasteiger partial charge in [-0.05, 0) is 12.1 Å². The van der Waals surface area contributed by atoms with Crippen LogP contribution in [0, 0.1) is 0 Å². The van der Waals surface area contributed by atoms with Crippen LogP contribution < -0.4 is 11.5 Å². The van der Waals surface area contributed by atoms with Gasteiger partial charge in [-0.25, -0.2) is 9.97 Å². The molecule has 2 heterocycles. The minimum atomic E-state index is -0.545. The highest BCUT2D eigenvalue weighted by molar-refractivity contribution is 7.21. The Morgan fingerprint density at radius 2 is 1.82 bits per heavy atom. The van der Waals surface area contributed by atoms with Gasteiger partial charge in [-0.1, -0.05) is 12.1 Å². The molecule has 0 saturated carbocycles. The Morgan fingerprint density at radius 3 is 2.47 bits per heavy atom. The molecule has 0 unspecified atom stereocenters. The fraction of sp³-hybridized carbons (Fsp3) is 0. The Bertz CT molecular complexity index is 750. The maximum absolute atomic E-state index is 11.2. The van der Waals surface area contributed by atoms with E-state index in [4.69, 9.17) is 11.5 Å². The van der Waals surface area contributed by atoms with Crippen molar-refractivity contribution in [1.82, 2.24) is 9.97 Å². The SMILES string of the molecule is NC(=O)c1sc2nc3ccccc3nc2c1N. The van der Waals surface area contributed by atoms with E-state index >= 15 is 0 Å². The van der Waals surface area contributed by atoms with Gasteiger partial charge in [0.2, 0.25) is 0 Å². The Balaban J connectivity index is 2.44. The van der Waals surface area contributed by atoms with E-state index in [1.165, 1.54) is 11.3 Å². The zero-order chi connectivity index (χ0) is 12.0. The molecule has 5 nitrogen and oxygen atoms in total. The minimum Gasteiger partial charge on any atom is -0.396 e. The molecule has 17 heavy (non-hydrogen) atoms. The summed E-state index contributed by atoms with van der Waals surface area (Å²) < 4.78 is 0. The van der Waals surface area contributed by atoms with Gasteiger partial charge in [0.15, 0.2) is 0 Å². The summed E-state index contributed by atoms with van der Waals surface area (Å²) in [6.45, 7) is 0. The van der Waals surface area contributed by atoms with Crippen LogP contribution in [0.3, 0.4) is 0 Å². The molecule has 1 amide bonds. The molecule has 0 spiro atoms. The first-order chi connectivity index (χ1) is 8.16. The molecule has 0 saturated heterocycles. The monoisotopic (exact) mass is 244 g/mol. The van der Waals surface area contributed by atoms with Crippen molar-refractivity contribution < 1.29 is 4.79 Å². The molecular weight excluding hydrogens is 236 g/mol. The molecule has 0 aliphatic rings. The lowest BCUT2D eigenvalue weighted by Crippen LogP contribution is -2.10. The predicted molar refractivity (Wildman–Crippen MR) is 67.9 cm³/mol. The van der Waals surface area contributed by atoms with Crippen LogP contribution in [0.5, 0.6) is 0 Å². The number of fused-ring (bicyclic) bond motifs is 2. The first-order valence-corrected chi connectivity index (χ1v) is 5.73. The van der Waals surface area contributed by atoms with Crippen LogP contribution in [0.15, 0.2) is 24.3 Å². The smallest absolute Gasteiger partial charge is 0.261 e. The Morgan fingerprint density at radius 1 is 1.18 bits per heavy atom. The molecule has 0 aliphatic carbocycles.